The average Bonchev–Trinajstić information content (AvgIpc) is 3.41. The summed E-state index contributed by atoms with van der Waals surface area (Å²) < 4.78 is 60.7. The molecule has 11 nitrogen and oxygen atoms in total. The van der Waals surface area contributed by atoms with Gasteiger partial charge < -0.3 is 19.4 Å². The van der Waals surface area contributed by atoms with Crippen LogP contribution >= 0.6 is 0 Å². The average molecular weight is 572 g/mol. The van der Waals surface area contributed by atoms with E-state index in [0.29, 0.717) is 37.3 Å². The van der Waals surface area contributed by atoms with Gasteiger partial charge in [0.05, 0.1) is 24.0 Å². The monoisotopic (exact) mass is 571 g/mol. The highest BCUT2D eigenvalue weighted by Gasteiger charge is 2.29. The molecule has 1 saturated heterocycles. The van der Waals surface area contributed by atoms with E-state index in [2.05, 4.69) is 15.3 Å². The second-order valence-corrected chi connectivity index (χ2v) is 11.0. The van der Waals surface area contributed by atoms with E-state index in [1.54, 1.807) is 22.7 Å². The first kappa shape index (κ1) is 27.4. The Hall–Kier alpha value is -4.14. The summed E-state index contributed by atoms with van der Waals surface area (Å²) in [6, 6.07) is 8.10. The van der Waals surface area contributed by atoms with Crippen molar-refractivity contribution in [2.75, 3.05) is 37.5 Å². The fourth-order valence-corrected chi connectivity index (χ4v) is 5.49. The highest BCUT2D eigenvalue weighted by Crippen LogP contribution is 2.34. The van der Waals surface area contributed by atoms with Gasteiger partial charge in [-0.15, -0.1) is 0 Å². The summed E-state index contributed by atoms with van der Waals surface area (Å²) in [6.45, 7) is 0.908. The number of nitrogens with one attached hydrogen (secondary N) is 1. The van der Waals surface area contributed by atoms with Crippen molar-refractivity contribution < 1.29 is 26.7 Å². The topological polar surface area (TPSA) is 135 Å². The van der Waals surface area contributed by atoms with Gasteiger partial charge in [0.1, 0.15) is 28.8 Å². The summed E-state index contributed by atoms with van der Waals surface area (Å²) in [7, 11) is -0.983. The summed E-state index contributed by atoms with van der Waals surface area (Å²) >= 11 is 0. The molecule has 1 aliphatic heterocycles. The second-order valence-electron chi connectivity index (χ2n) is 9.34. The number of carbonyl (C=O) groups excluding carboxylic acids is 1. The molecule has 0 unspecified atom stereocenters. The first-order chi connectivity index (χ1) is 19.1. The number of benzene rings is 2. The van der Waals surface area contributed by atoms with Gasteiger partial charge in [0.25, 0.3) is 16.1 Å². The number of nitrogens with zero attached hydrogens (tertiary/aromatic N) is 5. The predicted octanol–water partition coefficient (Wildman–Crippen LogP) is 3.04. The van der Waals surface area contributed by atoms with Crippen LogP contribution in [0.4, 0.5) is 20.2 Å². The molecule has 40 heavy (non-hydrogen) atoms. The van der Waals surface area contributed by atoms with Crippen molar-refractivity contribution in [2.24, 2.45) is 5.14 Å². The smallest absolute Gasteiger partial charge is 0.276 e. The van der Waals surface area contributed by atoms with Crippen molar-refractivity contribution in [3.63, 3.8) is 0 Å². The molecule has 0 saturated carbocycles. The third-order valence-electron chi connectivity index (χ3n) is 6.97. The number of halogens is 2. The highest BCUT2D eigenvalue weighted by atomic mass is 32.2. The van der Waals surface area contributed by atoms with E-state index in [4.69, 9.17) is 9.88 Å². The maximum atomic E-state index is 14.9. The lowest BCUT2D eigenvalue weighted by Crippen LogP contribution is -2.47. The van der Waals surface area contributed by atoms with Gasteiger partial charge in [-0.2, -0.15) is 12.7 Å². The third kappa shape index (κ3) is 5.33. The zero-order valence-electron chi connectivity index (χ0n) is 21.7. The number of amides is 1. The van der Waals surface area contributed by atoms with E-state index in [9.17, 15) is 22.0 Å². The van der Waals surface area contributed by atoms with E-state index in [-0.39, 0.29) is 34.4 Å². The Bertz CT molecular complexity index is 1690. The number of methoxy groups -OCH3 is 1. The lowest BCUT2D eigenvalue weighted by molar-refractivity contribution is 0.102. The molecule has 1 amide bonds. The molecule has 210 valence electrons. The Labute approximate surface area is 229 Å². The Balaban J connectivity index is 1.45. The molecule has 0 atom stereocenters. The van der Waals surface area contributed by atoms with Gasteiger partial charge in [0, 0.05) is 44.8 Å². The van der Waals surface area contributed by atoms with Crippen LogP contribution in [-0.4, -0.2) is 66.3 Å². The summed E-state index contributed by atoms with van der Waals surface area (Å²) in [4.78, 5) is 24.1. The van der Waals surface area contributed by atoms with Crippen molar-refractivity contribution in [2.45, 2.75) is 18.9 Å². The van der Waals surface area contributed by atoms with Crippen molar-refractivity contribution in [3.8, 4) is 17.0 Å². The van der Waals surface area contributed by atoms with Crippen LogP contribution in [0.3, 0.4) is 0 Å². The number of hydrogen-bond acceptors (Lipinski definition) is 7. The van der Waals surface area contributed by atoms with Crippen molar-refractivity contribution in [3.05, 3.63) is 72.3 Å². The lowest BCUT2D eigenvalue weighted by Gasteiger charge is -2.37. The Morgan fingerprint density at radius 2 is 1.95 bits per heavy atom. The van der Waals surface area contributed by atoms with Gasteiger partial charge in [0.2, 0.25) is 0 Å². The standard InChI is InChI=1S/C26H27F2N7O4S/c1-33(40(29,37)38)17-8-11-34(12-9-17)21-7-6-16(27)14-19(21)32-26(36)20-15-35-13-10-30-25(35)24(31-20)23-18(28)4-3-5-22(23)39-2/h3-7,10,13-15,17H,8-9,11-12H2,1-2H3,(H,32,36)(H2,29,37,38). The molecule has 5 rings (SSSR count). The molecule has 0 radical (unpaired) electrons. The van der Waals surface area contributed by atoms with Gasteiger partial charge in [-0.1, -0.05) is 6.07 Å². The Kier molecular flexibility index (Phi) is 7.40. The molecule has 1 fully saturated rings. The number of carbonyl (C=O) groups is 1. The normalized spacial score (nSPS) is 14.6. The van der Waals surface area contributed by atoms with Crippen LogP contribution in [0.5, 0.6) is 5.75 Å². The van der Waals surface area contributed by atoms with Crippen LogP contribution in [0.2, 0.25) is 0 Å². The minimum absolute atomic E-state index is 0.0506. The number of ether oxygens (including phenoxy) is 1. The fourth-order valence-electron chi connectivity index (χ4n) is 4.86. The molecule has 3 N–H and O–H groups in total. The maximum Gasteiger partial charge on any atom is 0.276 e. The molecule has 2 aromatic carbocycles. The number of piperidine rings is 1. The van der Waals surface area contributed by atoms with Crippen LogP contribution in [0.25, 0.3) is 16.9 Å². The number of rotatable bonds is 7. The first-order valence-electron chi connectivity index (χ1n) is 12.3. The molecule has 3 heterocycles. The van der Waals surface area contributed by atoms with Crippen LogP contribution < -0.4 is 20.1 Å². The van der Waals surface area contributed by atoms with Gasteiger partial charge in [-0.3, -0.25) is 4.79 Å². The molecule has 2 aromatic heterocycles. The van der Waals surface area contributed by atoms with E-state index < -0.39 is 27.8 Å². The fraction of sp³-hybridized carbons (Fsp3) is 0.269. The first-order valence-corrected chi connectivity index (χ1v) is 13.9. The molecule has 4 aromatic rings. The van der Waals surface area contributed by atoms with E-state index in [1.165, 1.54) is 50.8 Å². The molecule has 0 bridgehead atoms. The van der Waals surface area contributed by atoms with Crippen molar-refractivity contribution >= 4 is 33.1 Å². The summed E-state index contributed by atoms with van der Waals surface area (Å²) in [5.41, 5.74) is 1.18. The molecule has 0 spiro atoms. The SMILES string of the molecule is COc1cccc(F)c1-c1nc(C(=O)Nc2cc(F)ccc2N2CCC(N(C)S(N)(=O)=O)CC2)cn2ccnc12. The lowest BCUT2D eigenvalue weighted by atomic mass is 10.0. The van der Waals surface area contributed by atoms with Crippen LogP contribution in [0, 0.1) is 11.6 Å². The van der Waals surface area contributed by atoms with Crippen LogP contribution in [-0.2, 0) is 10.2 Å². The number of fused-ring (bicyclic) bond motifs is 1. The zero-order valence-corrected chi connectivity index (χ0v) is 22.5. The van der Waals surface area contributed by atoms with Gasteiger partial charge >= 0.3 is 0 Å². The summed E-state index contributed by atoms with van der Waals surface area (Å²) in [6.07, 6.45) is 5.52. The van der Waals surface area contributed by atoms with Gasteiger partial charge in [-0.05, 0) is 43.2 Å². The van der Waals surface area contributed by atoms with Crippen molar-refractivity contribution in [1.82, 2.24) is 18.7 Å². The minimum atomic E-state index is -3.82. The highest BCUT2D eigenvalue weighted by molar-refractivity contribution is 7.86. The number of hydrogen-bond donors (Lipinski definition) is 2. The van der Waals surface area contributed by atoms with Crippen molar-refractivity contribution in [1.29, 1.82) is 0 Å². The molecule has 0 aliphatic carbocycles. The Morgan fingerprint density at radius 1 is 1.20 bits per heavy atom. The zero-order chi connectivity index (χ0) is 28.6. The molecule has 1 aliphatic rings. The third-order valence-corrected chi connectivity index (χ3v) is 8.07. The minimum Gasteiger partial charge on any atom is -0.496 e. The second kappa shape index (κ2) is 10.8. The number of aromatic nitrogens is 3. The van der Waals surface area contributed by atoms with Crippen LogP contribution in [0.1, 0.15) is 23.3 Å². The van der Waals surface area contributed by atoms with Gasteiger partial charge in [-0.25, -0.2) is 23.9 Å². The molecule has 14 heteroatoms. The maximum absolute atomic E-state index is 14.9. The number of anilines is 2. The summed E-state index contributed by atoms with van der Waals surface area (Å²) in [5, 5.41) is 8.00. The van der Waals surface area contributed by atoms with Crippen LogP contribution in [0.15, 0.2) is 55.0 Å². The quantitative estimate of drug-likeness (QED) is 0.348. The van der Waals surface area contributed by atoms with Gasteiger partial charge in [0.15, 0.2) is 5.65 Å². The predicted molar refractivity (Wildman–Crippen MR) is 145 cm³/mol. The van der Waals surface area contributed by atoms with E-state index >= 15 is 0 Å². The summed E-state index contributed by atoms with van der Waals surface area (Å²) in [5.74, 6) is -1.59. The van der Waals surface area contributed by atoms with E-state index in [1.807, 2.05) is 4.90 Å². The largest absolute Gasteiger partial charge is 0.496 e. The Morgan fingerprint density at radius 3 is 2.65 bits per heavy atom. The molecular formula is C26H27F2N7O4S. The van der Waals surface area contributed by atoms with E-state index in [0.717, 1.165) is 4.31 Å². The number of nitrogens with two attached hydrogens (primary N) is 1. The number of imidazole rings is 1. The molecular weight excluding hydrogens is 544 g/mol.